The van der Waals surface area contributed by atoms with Crippen LogP contribution in [0.1, 0.15) is 28.8 Å². The number of carbonyl (C=O) groups excluding carboxylic acids is 1. The van der Waals surface area contributed by atoms with E-state index in [9.17, 15) is 4.79 Å². The smallest absolute Gasteiger partial charge is 0.256 e. The molecule has 2 aromatic rings. The number of carbonyl (C=O) groups is 1. The molecule has 0 unspecified atom stereocenters. The topological polar surface area (TPSA) is 32.3 Å². The van der Waals surface area contributed by atoms with E-state index in [1.54, 1.807) is 0 Å². The van der Waals surface area contributed by atoms with Gasteiger partial charge in [0.1, 0.15) is 0 Å². The molecule has 0 aliphatic carbocycles. The maximum atomic E-state index is 12.5. The highest BCUT2D eigenvalue weighted by Gasteiger charge is 2.15. The van der Waals surface area contributed by atoms with Crippen molar-refractivity contribution in [1.82, 2.24) is 4.90 Å². The van der Waals surface area contributed by atoms with E-state index in [1.165, 1.54) is 18.4 Å². The molecule has 1 amide bonds. The van der Waals surface area contributed by atoms with Gasteiger partial charge in [0.05, 0.1) is 5.56 Å². The Labute approximate surface area is 139 Å². The Kier molecular flexibility index (Phi) is 4.90. The van der Waals surface area contributed by atoms with Crippen molar-refractivity contribution in [1.29, 1.82) is 0 Å². The molecular weight excluding hydrogens is 340 g/mol. The molecule has 3 rings (SSSR count). The Morgan fingerprint density at radius 3 is 2.50 bits per heavy atom. The van der Waals surface area contributed by atoms with Gasteiger partial charge in [0.25, 0.3) is 5.91 Å². The highest BCUT2D eigenvalue weighted by molar-refractivity contribution is 9.10. The summed E-state index contributed by atoms with van der Waals surface area (Å²) in [6.07, 6.45) is 2.54. The summed E-state index contributed by atoms with van der Waals surface area (Å²) in [5.41, 5.74) is 2.72. The number of halogens is 1. The second-order valence-corrected chi connectivity index (χ2v) is 6.43. The molecule has 22 heavy (non-hydrogen) atoms. The molecule has 0 aromatic heterocycles. The van der Waals surface area contributed by atoms with Crippen molar-refractivity contribution in [3.8, 4) is 0 Å². The molecule has 0 radical (unpaired) electrons. The second kappa shape index (κ2) is 7.07. The number of para-hydroxylation sites is 1. The minimum atomic E-state index is -0.0821. The zero-order valence-corrected chi connectivity index (χ0v) is 14.0. The molecule has 1 saturated heterocycles. The first-order valence-corrected chi connectivity index (χ1v) is 8.39. The highest BCUT2D eigenvalue weighted by Crippen LogP contribution is 2.22. The van der Waals surface area contributed by atoms with Crippen LogP contribution >= 0.6 is 15.9 Å². The first kappa shape index (κ1) is 15.3. The van der Waals surface area contributed by atoms with E-state index in [-0.39, 0.29) is 5.91 Å². The van der Waals surface area contributed by atoms with Crippen LogP contribution in [0.5, 0.6) is 0 Å². The summed E-state index contributed by atoms with van der Waals surface area (Å²) in [5.74, 6) is -0.0821. The van der Waals surface area contributed by atoms with Gasteiger partial charge in [-0.3, -0.25) is 9.69 Å². The Morgan fingerprint density at radius 1 is 1.05 bits per heavy atom. The predicted molar refractivity (Wildman–Crippen MR) is 93.0 cm³/mol. The van der Waals surface area contributed by atoms with E-state index < -0.39 is 0 Å². The predicted octanol–water partition coefficient (Wildman–Crippen LogP) is 4.30. The first-order chi connectivity index (χ1) is 10.7. The SMILES string of the molecule is O=C(Nc1ccccc1CN1CCCC1)c1ccccc1Br. The zero-order chi connectivity index (χ0) is 15.4. The lowest BCUT2D eigenvalue weighted by Crippen LogP contribution is -2.20. The minimum Gasteiger partial charge on any atom is -0.322 e. The normalized spacial score (nSPS) is 15.0. The Morgan fingerprint density at radius 2 is 1.73 bits per heavy atom. The summed E-state index contributed by atoms with van der Waals surface area (Å²) in [6, 6.07) is 15.5. The third kappa shape index (κ3) is 3.57. The van der Waals surface area contributed by atoms with E-state index in [2.05, 4.69) is 32.2 Å². The summed E-state index contributed by atoms with van der Waals surface area (Å²) in [5, 5.41) is 3.05. The van der Waals surface area contributed by atoms with Gasteiger partial charge in [-0.1, -0.05) is 30.3 Å². The average Bonchev–Trinajstić information content (AvgIpc) is 3.02. The Bertz CT molecular complexity index is 666. The summed E-state index contributed by atoms with van der Waals surface area (Å²) in [6.45, 7) is 3.19. The fourth-order valence-corrected chi connectivity index (χ4v) is 3.26. The molecule has 1 aliphatic rings. The summed E-state index contributed by atoms with van der Waals surface area (Å²) in [7, 11) is 0. The third-order valence-corrected chi connectivity index (χ3v) is 4.67. The molecule has 0 saturated carbocycles. The van der Waals surface area contributed by atoms with E-state index in [1.807, 2.05) is 42.5 Å². The van der Waals surface area contributed by atoms with Crippen LogP contribution in [-0.2, 0) is 6.54 Å². The Balaban J connectivity index is 1.77. The van der Waals surface area contributed by atoms with Gasteiger partial charge in [-0.2, -0.15) is 0 Å². The molecular formula is C18H19BrN2O. The van der Waals surface area contributed by atoms with Gasteiger partial charge in [-0.15, -0.1) is 0 Å². The number of nitrogens with zero attached hydrogens (tertiary/aromatic N) is 1. The minimum absolute atomic E-state index is 0.0821. The molecule has 4 heteroatoms. The van der Waals surface area contributed by atoms with Crippen LogP contribution in [0.2, 0.25) is 0 Å². The summed E-state index contributed by atoms with van der Waals surface area (Å²) in [4.78, 5) is 14.9. The monoisotopic (exact) mass is 358 g/mol. The van der Waals surface area contributed by atoms with E-state index >= 15 is 0 Å². The lowest BCUT2D eigenvalue weighted by molar-refractivity contribution is 0.102. The van der Waals surface area contributed by atoms with Gasteiger partial charge in [-0.05, 0) is 65.6 Å². The fourth-order valence-electron chi connectivity index (χ4n) is 2.80. The van der Waals surface area contributed by atoms with Crippen LogP contribution < -0.4 is 5.32 Å². The van der Waals surface area contributed by atoms with Crippen molar-refractivity contribution in [2.75, 3.05) is 18.4 Å². The van der Waals surface area contributed by atoms with Gasteiger partial charge in [0.15, 0.2) is 0 Å². The van der Waals surface area contributed by atoms with E-state index in [4.69, 9.17) is 0 Å². The fraction of sp³-hybridized carbons (Fsp3) is 0.278. The third-order valence-electron chi connectivity index (χ3n) is 3.98. The number of rotatable bonds is 4. The number of hydrogen-bond acceptors (Lipinski definition) is 2. The van der Waals surface area contributed by atoms with Crippen LogP contribution in [0.4, 0.5) is 5.69 Å². The van der Waals surface area contributed by atoms with Crippen LogP contribution in [0.3, 0.4) is 0 Å². The molecule has 1 aliphatic heterocycles. The van der Waals surface area contributed by atoms with Gasteiger partial charge in [0, 0.05) is 16.7 Å². The molecule has 0 atom stereocenters. The van der Waals surface area contributed by atoms with Crippen molar-refractivity contribution in [2.45, 2.75) is 19.4 Å². The van der Waals surface area contributed by atoms with Gasteiger partial charge < -0.3 is 5.32 Å². The van der Waals surface area contributed by atoms with Crippen molar-refractivity contribution in [3.63, 3.8) is 0 Å². The largest absolute Gasteiger partial charge is 0.322 e. The van der Waals surface area contributed by atoms with E-state index in [0.717, 1.165) is 29.8 Å². The molecule has 1 heterocycles. The molecule has 1 fully saturated rings. The van der Waals surface area contributed by atoms with Crippen molar-refractivity contribution in [2.24, 2.45) is 0 Å². The van der Waals surface area contributed by atoms with Crippen LogP contribution in [0, 0.1) is 0 Å². The molecule has 0 spiro atoms. The van der Waals surface area contributed by atoms with Gasteiger partial charge in [-0.25, -0.2) is 0 Å². The maximum Gasteiger partial charge on any atom is 0.256 e. The summed E-state index contributed by atoms with van der Waals surface area (Å²) < 4.78 is 0.810. The quantitative estimate of drug-likeness (QED) is 0.883. The molecule has 114 valence electrons. The number of nitrogens with one attached hydrogen (secondary N) is 1. The van der Waals surface area contributed by atoms with Crippen molar-refractivity contribution >= 4 is 27.5 Å². The van der Waals surface area contributed by atoms with Crippen LogP contribution in [0.25, 0.3) is 0 Å². The number of benzene rings is 2. The van der Waals surface area contributed by atoms with E-state index in [0.29, 0.717) is 5.56 Å². The van der Waals surface area contributed by atoms with Crippen LogP contribution in [-0.4, -0.2) is 23.9 Å². The average molecular weight is 359 g/mol. The maximum absolute atomic E-state index is 12.5. The number of likely N-dealkylation sites (tertiary alicyclic amines) is 1. The number of anilines is 1. The second-order valence-electron chi connectivity index (χ2n) is 5.57. The van der Waals surface area contributed by atoms with Gasteiger partial charge >= 0.3 is 0 Å². The molecule has 2 aromatic carbocycles. The molecule has 0 bridgehead atoms. The highest BCUT2D eigenvalue weighted by atomic mass is 79.9. The lowest BCUT2D eigenvalue weighted by atomic mass is 10.1. The zero-order valence-electron chi connectivity index (χ0n) is 12.4. The first-order valence-electron chi connectivity index (χ1n) is 7.60. The van der Waals surface area contributed by atoms with Crippen molar-refractivity contribution < 1.29 is 4.79 Å². The van der Waals surface area contributed by atoms with Crippen LogP contribution in [0.15, 0.2) is 53.0 Å². The molecule has 3 nitrogen and oxygen atoms in total. The number of hydrogen-bond donors (Lipinski definition) is 1. The Hall–Kier alpha value is -1.65. The standard InChI is InChI=1S/C18H19BrN2O/c19-16-9-3-2-8-15(16)18(22)20-17-10-4-1-7-14(17)13-21-11-5-6-12-21/h1-4,7-10H,5-6,11-13H2,(H,20,22). The molecule has 1 N–H and O–H groups in total. The summed E-state index contributed by atoms with van der Waals surface area (Å²) >= 11 is 3.43. The lowest BCUT2D eigenvalue weighted by Gasteiger charge is -2.18. The van der Waals surface area contributed by atoms with Gasteiger partial charge in [0.2, 0.25) is 0 Å². The van der Waals surface area contributed by atoms with Crippen molar-refractivity contribution in [3.05, 3.63) is 64.1 Å². The number of amides is 1.